The SMILES string of the molecule is O=C(O)C(F)(F)F.c1ccc(CN2CC[C@H]3[C@H]2CCN3c2ncccn2)nc1. The Morgan fingerprint density at radius 1 is 1.04 bits per heavy atom. The van der Waals surface area contributed by atoms with Gasteiger partial charge in [0.25, 0.3) is 0 Å². The fourth-order valence-corrected chi connectivity index (χ4v) is 3.66. The molecule has 0 spiro atoms. The molecule has 2 aliphatic rings. The van der Waals surface area contributed by atoms with Crippen LogP contribution in [0.2, 0.25) is 0 Å². The number of aliphatic carboxylic acids is 1. The summed E-state index contributed by atoms with van der Waals surface area (Å²) in [6, 6.07) is 9.18. The number of aromatic nitrogens is 3. The Labute approximate surface area is 159 Å². The van der Waals surface area contributed by atoms with Crippen LogP contribution in [0.25, 0.3) is 0 Å². The van der Waals surface area contributed by atoms with Gasteiger partial charge in [-0.3, -0.25) is 9.88 Å². The lowest BCUT2D eigenvalue weighted by atomic mass is 10.1. The number of carbonyl (C=O) groups is 1. The van der Waals surface area contributed by atoms with Gasteiger partial charge in [0.15, 0.2) is 0 Å². The Hall–Kier alpha value is -2.75. The lowest BCUT2D eigenvalue weighted by Crippen LogP contribution is -2.37. The largest absolute Gasteiger partial charge is 0.490 e. The Morgan fingerprint density at radius 3 is 2.29 bits per heavy atom. The van der Waals surface area contributed by atoms with Crippen molar-refractivity contribution in [3.8, 4) is 0 Å². The number of carboxylic acid groups (broad SMARTS) is 1. The molecule has 0 aromatic carbocycles. The summed E-state index contributed by atoms with van der Waals surface area (Å²) in [6.45, 7) is 3.14. The van der Waals surface area contributed by atoms with Crippen LogP contribution in [-0.2, 0) is 11.3 Å². The molecule has 0 amide bonds. The predicted octanol–water partition coefficient (Wildman–Crippen LogP) is 2.36. The van der Waals surface area contributed by atoms with Gasteiger partial charge < -0.3 is 10.0 Å². The zero-order valence-corrected chi connectivity index (χ0v) is 15.0. The van der Waals surface area contributed by atoms with Gasteiger partial charge in [0.2, 0.25) is 5.95 Å². The van der Waals surface area contributed by atoms with Gasteiger partial charge in [-0.05, 0) is 31.0 Å². The summed E-state index contributed by atoms with van der Waals surface area (Å²) in [5.74, 6) is -1.88. The molecule has 10 heteroatoms. The summed E-state index contributed by atoms with van der Waals surface area (Å²) in [4.78, 5) is 27.1. The van der Waals surface area contributed by atoms with E-state index in [1.807, 2.05) is 30.7 Å². The number of fused-ring (bicyclic) bond motifs is 1. The first kappa shape index (κ1) is 20.0. The number of rotatable bonds is 3. The third kappa shape index (κ3) is 4.75. The van der Waals surface area contributed by atoms with Crippen molar-refractivity contribution < 1.29 is 23.1 Å². The highest BCUT2D eigenvalue weighted by Crippen LogP contribution is 2.34. The lowest BCUT2D eigenvalue weighted by Gasteiger charge is -2.25. The number of likely N-dealkylation sites (tertiary alicyclic amines) is 1. The molecule has 0 saturated carbocycles. The van der Waals surface area contributed by atoms with E-state index in [0.717, 1.165) is 31.3 Å². The first-order valence-electron chi connectivity index (χ1n) is 8.84. The fraction of sp³-hybridized carbons (Fsp3) is 0.444. The molecule has 0 unspecified atom stereocenters. The highest BCUT2D eigenvalue weighted by atomic mass is 19.4. The number of pyridine rings is 1. The molecule has 1 N–H and O–H groups in total. The van der Waals surface area contributed by atoms with Crippen LogP contribution in [0.3, 0.4) is 0 Å². The van der Waals surface area contributed by atoms with Gasteiger partial charge >= 0.3 is 12.1 Å². The second-order valence-corrected chi connectivity index (χ2v) is 6.55. The van der Waals surface area contributed by atoms with E-state index in [-0.39, 0.29) is 0 Å². The molecule has 7 nitrogen and oxygen atoms in total. The van der Waals surface area contributed by atoms with E-state index < -0.39 is 12.1 Å². The van der Waals surface area contributed by atoms with E-state index >= 15 is 0 Å². The average molecular weight is 395 g/mol. The molecule has 4 heterocycles. The minimum absolute atomic E-state index is 0.552. The topological polar surface area (TPSA) is 82.5 Å². The third-order valence-electron chi connectivity index (χ3n) is 4.83. The van der Waals surface area contributed by atoms with Gasteiger partial charge in [0.05, 0.1) is 5.69 Å². The number of nitrogens with zero attached hydrogens (tertiary/aromatic N) is 5. The van der Waals surface area contributed by atoms with E-state index in [1.54, 1.807) is 0 Å². The van der Waals surface area contributed by atoms with Crippen LogP contribution < -0.4 is 4.90 Å². The minimum atomic E-state index is -5.08. The van der Waals surface area contributed by atoms with Crippen molar-refractivity contribution in [2.75, 3.05) is 18.0 Å². The van der Waals surface area contributed by atoms with E-state index in [0.29, 0.717) is 12.1 Å². The van der Waals surface area contributed by atoms with Crippen LogP contribution in [0.15, 0.2) is 42.9 Å². The van der Waals surface area contributed by atoms with Crippen LogP contribution in [-0.4, -0.2) is 62.3 Å². The molecule has 150 valence electrons. The summed E-state index contributed by atoms with van der Waals surface area (Å²) in [6.07, 6.45) is 2.83. The third-order valence-corrected chi connectivity index (χ3v) is 4.83. The predicted molar refractivity (Wildman–Crippen MR) is 94.5 cm³/mol. The Balaban J connectivity index is 0.000000279. The van der Waals surface area contributed by atoms with Gasteiger partial charge in [-0.2, -0.15) is 13.2 Å². The molecular weight excluding hydrogens is 375 g/mol. The molecule has 0 bridgehead atoms. The van der Waals surface area contributed by atoms with E-state index in [9.17, 15) is 13.2 Å². The van der Waals surface area contributed by atoms with Gasteiger partial charge in [-0.15, -0.1) is 0 Å². The molecule has 0 aliphatic carbocycles. The summed E-state index contributed by atoms with van der Waals surface area (Å²) < 4.78 is 31.7. The average Bonchev–Trinajstić information content (AvgIpc) is 3.26. The molecule has 2 aromatic rings. The van der Waals surface area contributed by atoms with Crippen molar-refractivity contribution in [2.45, 2.75) is 37.6 Å². The molecule has 2 aliphatic heterocycles. The maximum absolute atomic E-state index is 10.6. The number of hydrogen-bond acceptors (Lipinski definition) is 6. The van der Waals surface area contributed by atoms with Gasteiger partial charge in [-0.25, -0.2) is 14.8 Å². The minimum Gasteiger partial charge on any atom is -0.475 e. The Bertz CT molecular complexity index is 776. The van der Waals surface area contributed by atoms with Crippen molar-refractivity contribution in [3.63, 3.8) is 0 Å². The van der Waals surface area contributed by atoms with Crippen LogP contribution in [0.4, 0.5) is 19.1 Å². The molecule has 2 saturated heterocycles. The molecular formula is C18H20F3N5O2. The lowest BCUT2D eigenvalue weighted by molar-refractivity contribution is -0.192. The molecule has 2 fully saturated rings. The summed E-state index contributed by atoms with van der Waals surface area (Å²) in [5, 5.41) is 7.12. The standard InChI is InChI=1S/C16H19N5.C2HF3O2/c1-2-7-17-13(4-1)12-20-10-5-15-14(20)6-11-21(15)16-18-8-3-9-19-16;3-2(4,5)1(6)7/h1-4,7-9,14-15H,5-6,10-12H2;(H,6,7)/t14-,15+;/m1./s1. The smallest absolute Gasteiger partial charge is 0.475 e. The van der Waals surface area contributed by atoms with Gasteiger partial charge in [-0.1, -0.05) is 6.07 Å². The van der Waals surface area contributed by atoms with Gasteiger partial charge in [0, 0.05) is 50.3 Å². The van der Waals surface area contributed by atoms with Crippen LogP contribution >= 0.6 is 0 Å². The van der Waals surface area contributed by atoms with E-state index in [2.05, 4.69) is 36.9 Å². The highest BCUT2D eigenvalue weighted by Gasteiger charge is 2.43. The first-order chi connectivity index (χ1) is 13.4. The number of halogens is 3. The summed E-state index contributed by atoms with van der Waals surface area (Å²) in [5.41, 5.74) is 1.16. The maximum atomic E-state index is 10.6. The summed E-state index contributed by atoms with van der Waals surface area (Å²) >= 11 is 0. The van der Waals surface area contributed by atoms with Crippen LogP contribution in [0.1, 0.15) is 18.5 Å². The molecule has 2 aromatic heterocycles. The van der Waals surface area contributed by atoms with Crippen molar-refractivity contribution in [1.29, 1.82) is 0 Å². The fourth-order valence-electron chi connectivity index (χ4n) is 3.66. The monoisotopic (exact) mass is 395 g/mol. The number of alkyl halides is 3. The van der Waals surface area contributed by atoms with Crippen molar-refractivity contribution in [3.05, 3.63) is 48.5 Å². The van der Waals surface area contributed by atoms with Crippen LogP contribution in [0, 0.1) is 0 Å². The van der Waals surface area contributed by atoms with Crippen molar-refractivity contribution in [1.82, 2.24) is 19.9 Å². The second kappa shape index (κ2) is 8.51. The normalized spacial score (nSPS) is 21.8. The zero-order chi connectivity index (χ0) is 20.1. The second-order valence-electron chi connectivity index (χ2n) is 6.55. The highest BCUT2D eigenvalue weighted by molar-refractivity contribution is 5.73. The Morgan fingerprint density at radius 2 is 1.68 bits per heavy atom. The molecule has 4 rings (SSSR count). The van der Waals surface area contributed by atoms with Crippen LogP contribution in [0.5, 0.6) is 0 Å². The number of carboxylic acids is 1. The molecule has 0 radical (unpaired) electrons. The molecule has 2 atom stereocenters. The number of hydrogen-bond donors (Lipinski definition) is 1. The van der Waals surface area contributed by atoms with E-state index in [1.165, 1.54) is 12.8 Å². The first-order valence-corrected chi connectivity index (χ1v) is 8.84. The van der Waals surface area contributed by atoms with Crippen molar-refractivity contribution >= 4 is 11.9 Å². The summed E-state index contributed by atoms with van der Waals surface area (Å²) in [7, 11) is 0. The van der Waals surface area contributed by atoms with E-state index in [4.69, 9.17) is 9.90 Å². The molecule has 28 heavy (non-hydrogen) atoms. The Kier molecular flexibility index (Phi) is 6.08. The van der Waals surface area contributed by atoms with Crippen molar-refractivity contribution in [2.24, 2.45) is 0 Å². The number of anilines is 1. The zero-order valence-electron chi connectivity index (χ0n) is 15.0. The quantitative estimate of drug-likeness (QED) is 0.854. The maximum Gasteiger partial charge on any atom is 0.490 e. The van der Waals surface area contributed by atoms with Gasteiger partial charge in [0.1, 0.15) is 0 Å².